The van der Waals surface area contributed by atoms with Gasteiger partial charge in [-0.3, -0.25) is 14.4 Å². The number of ether oxygens (including phenoxy) is 1. The maximum absolute atomic E-state index is 13.2. The summed E-state index contributed by atoms with van der Waals surface area (Å²) in [6.45, 7) is 3.12. The van der Waals surface area contributed by atoms with Crippen molar-refractivity contribution in [1.29, 1.82) is 0 Å². The third-order valence-corrected chi connectivity index (χ3v) is 8.23. The van der Waals surface area contributed by atoms with Gasteiger partial charge in [0, 0.05) is 26.7 Å². The first-order chi connectivity index (χ1) is 15.8. The van der Waals surface area contributed by atoms with Gasteiger partial charge < -0.3 is 14.5 Å². The Balaban J connectivity index is 1.61. The summed E-state index contributed by atoms with van der Waals surface area (Å²) >= 11 is 0. The molecule has 33 heavy (non-hydrogen) atoms. The summed E-state index contributed by atoms with van der Waals surface area (Å²) in [4.78, 5) is 41.0. The molecule has 2 aliphatic rings. The smallest absolute Gasteiger partial charge is 0.309 e. The molecule has 1 unspecified atom stereocenters. The number of amides is 2. The van der Waals surface area contributed by atoms with Crippen LogP contribution < -0.4 is 0 Å². The van der Waals surface area contributed by atoms with Gasteiger partial charge in [-0.15, -0.1) is 0 Å². The third-order valence-electron chi connectivity index (χ3n) is 6.30. The lowest BCUT2D eigenvalue weighted by Crippen LogP contribution is -2.54. The molecular formula is C23H33N3O6S. The number of benzene rings is 1. The van der Waals surface area contributed by atoms with Crippen molar-refractivity contribution in [1.82, 2.24) is 14.1 Å². The van der Waals surface area contributed by atoms with E-state index in [1.165, 1.54) is 28.4 Å². The van der Waals surface area contributed by atoms with Crippen molar-refractivity contribution in [3.8, 4) is 0 Å². The first-order valence-electron chi connectivity index (χ1n) is 11.5. The van der Waals surface area contributed by atoms with Crippen molar-refractivity contribution in [2.45, 2.75) is 50.0 Å². The highest BCUT2D eigenvalue weighted by molar-refractivity contribution is 7.89. The molecule has 9 nitrogen and oxygen atoms in total. The summed E-state index contributed by atoms with van der Waals surface area (Å²) in [7, 11) is -2.28. The lowest BCUT2D eigenvalue weighted by Gasteiger charge is -2.36. The Hall–Kier alpha value is -2.46. The molecule has 2 saturated heterocycles. The van der Waals surface area contributed by atoms with Crippen molar-refractivity contribution in [2.24, 2.45) is 5.92 Å². The predicted molar refractivity (Wildman–Crippen MR) is 122 cm³/mol. The standard InChI is InChI=1S/C23H33N3O6S/c1-3-32-23(29)18-12-15-25(16-13-18)21(27)17-24(2)22(28)20-11-7-8-14-26(20)33(30,31)19-9-5-4-6-10-19/h4-6,9-10,18,20H,3,7-8,11-17H2,1-2H3. The molecular weight excluding hydrogens is 446 g/mol. The van der Waals surface area contributed by atoms with E-state index in [1.807, 2.05) is 0 Å². The molecule has 0 spiro atoms. The van der Waals surface area contributed by atoms with Crippen LogP contribution in [0.2, 0.25) is 0 Å². The molecule has 1 aromatic carbocycles. The number of rotatable bonds is 7. The minimum atomic E-state index is -3.81. The van der Waals surface area contributed by atoms with E-state index in [9.17, 15) is 22.8 Å². The predicted octanol–water partition coefficient (Wildman–Crippen LogP) is 1.49. The maximum Gasteiger partial charge on any atom is 0.309 e. The Morgan fingerprint density at radius 3 is 2.33 bits per heavy atom. The van der Waals surface area contributed by atoms with E-state index in [0.717, 1.165) is 6.42 Å². The van der Waals surface area contributed by atoms with E-state index in [1.54, 1.807) is 30.0 Å². The quantitative estimate of drug-likeness (QED) is 0.549. The van der Waals surface area contributed by atoms with Crippen LogP contribution >= 0.6 is 0 Å². The SMILES string of the molecule is CCOC(=O)C1CCN(C(=O)CN(C)C(=O)C2CCCCN2S(=O)(=O)c2ccccc2)CC1. The normalized spacial score (nSPS) is 20.3. The summed E-state index contributed by atoms with van der Waals surface area (Å²) < 4.78 is 32.7. The fourth-order valence-corrected chi connectivity index (χ4v) is 6.10. The molecule has 2 aliphatic heterocycles. The summed E-state index contributed by atoms with van der Waals surface area (Å²) in [6, 6.07) is 7.29. The molecule has 0 saturated carbocycles. The van der Waals surface area contributed by atoms with Crippen molar-refractivity contribution in [3.05, 3.63) is 30.3 Å². The minimum absolute atomic E-state index is 0.126. The lowest BCUT2D eigenvalue weighted by atomic mass is 9.97. The van der Waals surface area contributed by atoms with E-state index < -0.39 is 16.1 Å². The summed E-state index contributed by atoms with van der Waals surface area (Å²) in [5, 5.41) is 0. The van der Waals surface area contributed by atoms with Gasteiger partial charge in [0.15, 0.2) is 0 Å². The third kappa shape index (κ3) is 5.92. The van der Waals surface area contributed by atoms with E-state index in [-0.39, 0.29) is 41.7 Å². The van der Waals surface area contributed by atoms with Gasteiger partial charge in [0.25, 0.3) is 0 Å². The molecule has 0 N–H and O–H groups in total. The van der Waals surface area contributed by atoms with Crippen LogP contribution in [-0.2, 0) is 29.1 Å². The highest BCUT2D eigenvalue weighted by atomic mass is 32.2. The average Bonchev–Trinajstić information content (AvgIpc) is 2.84. The zero-order chi connectivity index (χ0) is 24.0. The summed E-state index contributed by atoms with van der Waals surface area (Å²) in [6.07, 6.45) is 2.94. The number of piperidine rings is 2. The molecule has 0 aliphatic carbocycles. The molecule has 182 valence electrons. The number of hydrogen-bond acceptors (Lipinski definition) is 6. The number of esters is 1. The van der Waals surface area contributed by atoms with Crippen LogP contribution in [0.25, 0.3) is 0 Å². The zero-order valence-corrected chi connectivity index (χ0v) is 20.1. The van der Waals surface area contributed by atoms with E-state index in [4.69, 9.17) is 4.74 Å². The first kappa shape index (κ1) is 25.2. The monoisotopic (exact) mass is 479 g/mol. The van der Waals surface area contributed by atoms with E-state index in [0.29, 0.717) is 45.4 Å². The molecule has 3 rings (SSSR count). The molecule has 2 amide bonds. The van der Waals surface area contributed by atoms with Crippen molar-refractivity contribution in [3.63, 3.8) is 0 Å². The maximum atomic E-state index is 13.2. The van der Waals surface area contributed by atoms with Gasteiger partial charge in [-0.25, -0.2) is 8.42 Å². The summed E-state index contributed by atoms with van der Waals surface area (Å²) in [5.74, 6) is -1.01. The molecule has 2 heterocycles. The summed E-state index contributed by atoms with van der Waals surface area (Å²) in [5.41, 5.74) is 0. The number of nitrogens with zero attached hydrogens (tertiary/aromatic N) is 3. The van der Waals surface area contributed by atoms with Crippen LogP contribution in [0.3, 0.4) is 0 Å². The van der Waals surface area contributed by atoms with E-state index in [2.05, 4.69) is 0 Å². The molecule has 1 atom stereocenters. The van der Waals surface area contributed by atoms with Crippen LogP contribution in [0, 0.1) is 5.92 Å². The fraction of sp³-hybridized carbons (Fsp3) is 0.609. The number of sulfonamides is 1. The molecule has 0 aromatic heterocycles. The van der Waals surface area contributed by atoms with Crippen molar-refractivity contribution < 1.29 is 27.5 Å². The van der Waals surface area contributed by atoms with Gasteiger partial charge >= 0.3 is 5.97 Å². The van der Waals surface area contributed by atoms with Gasteiger partial charge in [0.1, 0.15) is 6.04 Å². The number of likely N-dealkylation sites (N-methyl/N-ethyl adjacent to an activating group) is 1. The Labute approximate surface area is 195 Å². The van der Waals surface area contributed by atoms with Crippen LogP contribution in [0.4, 0.5) is 0 Å². The van der Waals surface area contributed by atoms with Crippen LogP contribution in [0.1, 0.15) is 39.0 Å². The second-order valence-corrected chi connectivity index (χ2v) is 10.4. The topological polar surface area (TPSA) is 104 Å². The molecule has 1 aromatic rings. The Morgan fingerprint density at radius 1 is 1.03 bits per heavy atom. The van der Waals surface area contributed by atoms with Gasteiger partial charge in [-0.1, -0.05) is 24.6 Å². The number of hydrogen-bond donors (Lipinski definition) is 0. The Kier molecular flexibility index (Phi) is 8.47. The highest BCUT2D eigenvalue weighted by Crippen LogP contribution is 2.26. The van der Waals surface area contributed by atoms with Crippen LogP contribution in [-0.4, -0.2) is 86.2 Å². The second-order valence-electron chi connectivity index (χ2n) is 8.54. The molecule has 0 bridgehead atoms. The Bertz CT molecular complexity index is 944. The van der Waals surface area contributed by atoms with Crippen molar-refractivity contribution in [2.75, 3.05) is 39.8 Å². The van der Waals surface area contributed by atoms with Gasteiger partial charge in [-0.05, 0) is 44.7 Å². The average molecular weight is 480 g/mol. The van der Waals surface area contributed by atoms with Gasteiger partial charge in [0.2, 0.25) is 21.8 Å². The number of carbonyl (C=O) groups excluding carboxylic acids is 3. The Morgan fingerprint density at radius 2 is 1.70 bits per heavy atom. The first-order valence-corrected chi connectivity index (χ1v) is 13.0. The molecule has 0 radical (unpaired) electrons. The second kappa shape index (κ2) is 11.1. The fourth-order valence-electron chi connectivity index (χ4n) is 4.43. The van der Waals surface area contributed by atoms with Crippen molar-refractivity contribution >= 4 is 27.8 Å². The highest BCUT2D eigenvalue weighted by Gasteiger charge is 2.39. The van der Waals surface area contributed by atoms with Crippen LogP contribution in [0.5, 0.6) is 0 Å². The number of likely N-dealkylation sites (tertiary alicyclic amines) is 1. The largest absolute Gasteiger partial charge is 0.466 e. The van der Waals surface area contributed by atoms with Gasteiger partial charge in [0.05, 0.1) is 24.0 Å². The van der Waals surface area contributed by atoms with E-state index >= 15 is 0 Å². The molecule has 10 heteroatoms. The van der Waals surface area contributed by atoms with Gasteiger partial charge in [-0.2, -0.15) is 4.31 Å². The minimum Gasteiger partial charge on any atom is -0.466 e. The molecule has 2 fully saturated rings. The van der Waals surface area contributed by atoms with Crippen LogP contribution in [0.15, 0.2) is 35.2 Å². The lowest BCUT2D eigenvalue weighted by molar-refractivity contribution is -0.151. The zero-order valence-electron chi connectivity index (χ0n) is 19.3. The number of carbonyl (C=O) groups is 3.